The number of morpholine rings is 1. The van der Waals surface area contributed by atoms with Gasteiger partial charge >= 0.3 is 0 Å². The van der Waals surface area contributed by atoms with E-state index in [9.17, 15) is 0 Å². The molecule has 1 atom stereocenters. The minimum absolute atomic E-state index is 0.583. The van der Waals surface area contributed by atoms with Crippen molar-refractivity contribution in [3.8, 4) is 0 Å². The molecular weight excluding hydrogens is 301 g/mol. The van der Waals surface area contributed by atoms with Crippen LogP contribution in [0.3, 0.4) is 0 Å². The van der Waals surface area contributed by atoms with Crippen LogP contribution in [0.4, 0.5) is 0 Å². The van der Waals surface area contributed by atoms with E-state index < -0.39 is 0 Å². The molecule has 1 fully saturated rings. The second kappa shape index (κ2) is 5.82. The van der Waals surface area contributed by atoms with Crippen LogP contribution in [0.25, 0.3) is 0 Å². The summed E-state index contributed by atoms with van der Waals surface area (Å²) in [7, 11) is 0. The molecule has 0 spiro atoms. The lowest BCUT2D eigenvalue weighted by atomic mass is 10.1. The second-order valence-corrected chi connectivity index (χ2v) is 4.72. The molecular formula is C12H16INO. The largest absolute Gasteiger partial charge is 0.378 e. The fraction of sp³-hybridized carbons (Fsp3) is 0.500. The van der Waals surface area contributed by atoms with Crippen molar-refractivity contribution in [3.05, 3.63) is 35.9 Å². The zero-order valence-corrected chi connectivity index (χ0v) is 10.9. The van der Waals surface area contributed by atoms with Gasteiger partial charge in [0.25, 0.3) is 0 Å². The number of hydrogen-bond donors (Lipinski definition) is 0. The molecule has 0 N–H and O–H groups in total. The molecule has 1 heterocycles. The van der Waals surface area contributed by atoms with Crippen molar-refractivity contribution in [2.75, 3.05) is 24.2 Å². The van der Waals surface area contributed by atoms with Gasteiger partial charge in [-0.15, -0.1) is 0 Å². The summed E-state index contributed by atoms with van der Waals surface area (Å²) in [4.78, 5) is 2.52. The lowest BCUT2D eigenvalue weighted by Gasteiger charge is -2.34. The highest BCUT2D eigenvalue weighted by Gasteiger charge is 2.21. The predicted molar refractivity (Wildman–Crippen MR) is 70.3 cm³/mol. The van der Waals surface area contributed by atoms with E-state index in [0.29, 0.717) is 6.04 Å². The minimum Gasteiger partial charge on any atom is -0.378 e. The Morgan fingerprint density at radius 3 is 2.87 bits per heavy atom. The first kappa shape index (κ1) is 11.4. The first-order valence-electron chi connectivity index (χ1n) is 5.32. The van der Waals surface area contributed by atoms with Gasteiger partial charge in [0.1, 0.15) is 0 Å². The van der Waals surface area contributed by atoms with Crippen molar-refractivity contribution in [2.24, 2.45) is 0 Å². The van der Waals surface area contributed by atoms with Crippen LogP contribution in [0.2, 0.25) is 0 Å². The molecule has 1 aliphatic heterocycles. The molecule has 1 saturated heterocycles. The Bertz CT molecular complexity index is 291. The van der Waals surface area contributed by atoms with E-state index in [2.05, 4.69) is 57.8 Å². The van der Waals surface area contributed by atoms with Crippen molar-refractivity contribution in [3.63, 3.8) is 0 Å². The number of nitrogens with zero attached hydrogens (tertiary/aromatic N) is 1. The van der Waals surface area contributed by atoms with Crippen LogP contribution in [0.5, 0.6) is 0 Å². The second-order valence-electron chi connectivity index (χ2n) is 3.84. The Balaban J connectivity index is 1.97. The molecule has 1 unspecified atom stereocenters. The van der Waals surface area contributed by atoms with E-state index in [1.807, 2.05) is 0 Å². The summed E-state index contributed by atoms with van der Waals surface area (Å²) < 4.78 is 6.64. The van der Waals surface area contributed by atoms with E-state index in [4.69, 9.17) is 4.74 Å². The number of rotatable bonds is 3. The molecule has 0 bridgehead atoms. The van der Waals surface area contributed by atoms with Crippen molar-refractivity contribution in [2.45, 2.75) is 12.6 Å². The Morgan fingerprint density at radius 1 is 1.33 bits per heavy atom. The van der Waals surface area contributed by atoms with Crippen molar-refractivity contribution in [1.29, 1.82) is 0 Å². The molecule has 15 heavy (non-hydrogen) atoms. The average molecular weight is 317 g/mol. The molecule has 82 valence electrons. The molecule has 0 saturated carbocycles. The average Bonchev–Trinajstić information content (AvgIpc) is 2.31. The van der Waals surface area contributed by atoms with Crippen molar-refractivity contribution >= 4 is 22.6 Å². The monoisotopic (exact) mass is 317 g/mol. The van der Waals surface area contributed by atoms with E-state index in [1.165, 1.54) is 5.56 Å². The molecule has 0 radical (unpaired) electrons. The normalized spacial score (nSPS) is 22.9. The van der Waals surface area contributed by atoms with Gasteiger partial charge in [0.05, 0.1) is 13.2 Å². The number of benzene rings is 1. The van der Waals surface area contributed by atoms with Crippen LogP contribution in [0, 0.1) is 0 Å². The van der Waals surface area contributed by atoms with Gasteiger partial charge in [-0.25, -0.2) is 0 Å². The van der Waals surface area contributed by atoms with Crippen molar-refractivity contribution in [1.82, 2.24) is 4.90 Å². The van der Waals surface area contributed by atoms with Crippen LogP contribution in [0.15, 0.2) is 30.3 Å². The molecule has 0 aliphatic carbocycles. The highest BCUT2D eigenvalue weighted by atomic mass is 127. The van der Waals surface area contributed by atoms with Gasteiger partial charge in [0.2, 0.25) is 0 Å². The predicted octanol–water partition coefficient (Wildman–Crippen LogP) is 2.32. The number of ether oxygens (including phenoxy) is 1. The summed E-state index contributed by atoms with van der Waals surface area (Å²) in [6.45, 7) is 3.87. The smallest absolute Gasteiger partial charge is 0.0630 e. The maximum atomic E-state index is 5.49. The first-order valence-corrected chi connectivity index (χ1v) is 6.84. The molecule has 1 aromatic carbocycles. The highest BCUT2D eigenvalue weighted by molar-refractivity contribution is 14.1. The Kier molecular flexibility index (Phi) is 4.41. The van der Waals surface area contributed by atoms with E-state index in [1.54, 1.807) is 0 Å². The lowest BCUT2D eigenvalue weighted by Crippen LogP contribution is -2.45. The standard InChI is InChI=1S/C12H16INO/c13-8-12-10-15-7-6-14(12)9-11-4-2-1-3-5-11/h1-5,12H,6-10H2. The molecule has 1 aromatic rings. The van der Waals surface area contributed by atoms with Gasteiger partial charge in [-0.2, -0.15) is 0 Å². The SMILES string of the molecule is ICC1COCCN1Cc1ccccc1. The summed E-state index contributed by atoms with van der Waals surface area (Å²) in [5.41, 5.74) is 1.40. The Labute approximate surface area is 105 Å². The number of alkyl halides is 1. The Morgan fingerprint density at radius 2 is 2.13 bits per heavy atom. The van der Waals surface area contributed by atoms with E-state index in [0.717, 1.165) is 30.7 Å². The van der Waals surface area contributed by atoms with Gasteiger partial charge in [0.15, 0.2) is 0 Å². The third kappa shape index (κ3) is 3.16. The molecule has 3 heteroatoms. The third-order valence-electron chi connectivity index (χ3n) is 2.76. The maximum absolute atomic E-state index is 5.49. The molecule has 2 rings (SSSR count). The van der Waals surface area contributed by atoms with Gasteiger partial charge < -0.3 is 4.74 Å². The maximum Gasteiger partial charge on any atom is 0.0630 e. The zero-order chi connectivity index (χ0) is 10.5. The van der Waals surface area contributed by atoms with Crippen LogP contribution in [-0.4, -0.2) is 35.1 Å². The summed E-state index contributed by atoms with van der Waals surface area (Å²) in [6.07, 6.45) is 0. The summed E-state index contributed by atoms with van der Waals surface area (Å²) in [5.74, 6) is 0. The lowest BCUT2D eigenvalue weighted by molar-refractivity contribution is -0.00151. The summed E-state index contributed by atoms with van der Waals surface area (Å²) in [5, 5.41) is 0. The third-order valence-corrected chi connectivity index (χ3v) is 3.77. The van der Waals surface area contributed by atoms with Gasteiger partial charge in [0, 0.05) is 23.6 Å². The fourth-order valence-electron chi connectivity index (χ4n) is 1.86. The minimum atomic E-state index is 0.583. The van der Waals surface area contributed by atoms with Crippen LogP contribution in [-0.2, 0) is 11.3 Å². The highest BCUT2D eigenvalue weighted by Crippen LogP contribution is 2.13. The van der Waals surface area contributed by atoms with Crippen molar-refractivity contribution < 1.29 is 4.74 Å². The topological polar surface area (TPSA) is 12.5 Å². The number of hydrogen-bond acceptors (Lipinski definition) is 2. The summed E-state index contributed by atoms with van der Waals surface area (Å²) in [6, 6.07) is 11.3. The quantitative estimate of drug-likeness (QED) is 0.627. The first-order chi connectivity index (χ1) is 7.40. The fourth-order valence-corrected chi connectivity index (χ4v) is 2.67. The molecule has 1 aliphatic rings. The molecule has 0 aromatic heterocycles. The number of halogens is 1. The van der Waals surface area contributed by atoms with Gasteiger partial charge in [-0.3, -0.25) is 4.90 Å². The van der Waals surface area contributed by atoms with E-state index >= 15 is 0 Å². The van der Waals surface area contributed by atoms with Gasteiger partial charge in [-0.05, 0) is 5.56 Å². The van der Waals surface area contributed by atoms with Crippen LogP contribution >= 0.6 is 22.6 Å². The summed E-state index contributed by atoms with van der Waals surface area (Å²) >= 11 is 2.44. The van der Waals surface area contributed by atoms with Crippen LogP contribution < -0.4 is 0 Å². The van der Waals surface area contributed by atoms with E-state index in [-0.39, 0.29) is 0 Å². The van der Waals surface area contributed by atoms with Gasteiger partial charge in [-0.1, -0.05) is 52.9 Å². The molecule has 0 amide bonds. The zero-order valence-electron chi connectivity index (χ0n) is 8.73. The van der Waals surface area contributed by atoms with Crippen LogP contribution in [0.1, 0.15) is 5.56 Å². The Hall–Kier alpha value is -0.130. The molecule has 2 nitrogen and oxygen atoms in total.